The molecular formula is C28H20ClF2N3O4. The molecule has 38 heavy (non-hydrogen) atoms. The Kier molecular flexibility index (Phi) is 8.04. The van der Waals surface area contributed by atoms with Crippen molar-refractivity contribution in [2.24, 2.45) is 0 Å². The molecule has 0 radical (unpaired) electrons. The van der Waals surface area contributed by atoms with Crippen molar-refractivity contribution in [1.82, 2.24) is 9.97 Å². The minimum Gasteiger partial charge on any atom is -0.497 e. The van der Waals surface area contributed by atoms with Crippen LogP contribution in [0.25, 0.3) is 33.1 Å². The molecule has 0 aliphatic rings. The molecule has 5 aromatic rings. The lowest BCUT2D eigenvalue weighted by atomic mass is 10.1. The Morgan fingerprint density at radius 2 is 1.58 bits per heavy atom. The third-order valence-corrected chi connectivity index (χ3v) is 5.95. The summed E-state index contributed by atoms with van der Waals surface area (Å²) in [5, 5.41) is 10.5. The molecule has 2 heterocycles. The summed E-state index contributed by atoms with van der Waals surface area (Å²) in [7, 11) is 4.59. The van der Waals surface area contributed by atoms with E-state index < -0.39 is 0 Å². The zero-order valence-electron chi connectivity index (χ0n) is 20.5. The Hall–Kier alpha value is -4.68. The van der Waals surface area contributed by atoms with Gasteiger partial charge in [-0.3, -0.25) is 4.94 Å². The Morgan fingerprint density at radius 1 is 0.816 bits per heavy atom. The summed E-state index contributed by atoms with van der Waals surface area (Å²) in [5.74, 6) is 1.32. The Morgan fingerprint density at radius 3 is 2.24 bits per heavy atom. The number of hydrogen-bond donors (Lipinski definition) is 0. The number of halogens is 3. The van der Waals surface area contributed by atoms with E-state index in [-0.39, 0.29) is 17.3 Å². The highest BCUT2D eigenvalue weighted by Crippen LogP contribution is 2.36. The van der Waals surface area contributed by atoms with Gasteiger partial charge in [-0.15, -0.1) is 0 Å². The zero-order chi connectivity index (χ0) is 27.2. The van der Waals surface area contributed by atoms with Gasteiger partial charge in [0.05, 0.1) is 38.1 Å². The third-order valence-electron chi connectivity index (χ3n) is 5.58. The first-order valence-electron chi connectivity index (χ1n) is 11.1. The fourth-order valence-corrected chi connectivity index (χ4v) is 4.04. The molecule has 0 atom stereocenters. The first-order valence-corrected chi connectivity index (χ1v) is 11.4. The number of rotatable bonds is 5. The van der Waals surface area contributed by atoms with Gasteiger partial charge in [-0.2, -0.15) is 5.26 Å². The Labute approximate surface area is 221 Å². The van der Waals surface area contributed by atoms with Crippen LogP contribution < -0.4 is 19.2 Å². The minimum absolute atomic E-state index is 0.0296. The maximum atomic E-state index is 13.3. The molecule has 0 fully saturated rings. The fraction of sp³-hybridized carbons (Fsp3) is 0.107. The largest absolute Gasteiger partial charge is 0.497 e. The maximum Gasteiger partial charge on any atom is 0.183 e. The first-order chi connectivity index (χ1) is 18.4. The van der Waals surface area contributed by atoms with E-state index >= 15 is 0 Å². The van der Waals surface area contributed by atoms with Crippen LogP contribution in [0.2, 0.25) is 5.02 Å². The number of methoxy groups -OCH3 is 3. The summed E-state index contributed by atoms with van der Waals surface area (Å²) in [4.78, 5) is 12.5. The van der Waals surface area contributed by atoms with Gasteiger partial charge >= 0.3 is 0 Å². The van der Waals surface area contributed by atoms with Crippen LogP contribution in [0.1, 0.15) is 5.69 Å². The minimum atomic E-state index is -0.386. The van der Waals surface area contributed by atoms with Crippen LogP contribution in [0.3, 0.4) is 0 Å². The van der Waals surface area contributed by atoms with Crippen LogP contribution in [0.15, 0.2) is 66.7 Å². The third kappa shape index (κ3) is 5.36. The molecule has 0 saturated heterocycles. The molecule has 0 saturated carbocycles. The number of aromatic nitrogens is 2. The van der Waals surface area contributed by atoms with E-state index in [2.05, 4.69) is 14.9 Å². The van der Waals surface area contributed by atoms with Gasteiger partial charge in [0, 0.05) is 39.1 Å². The molecule has 0 unspecified atom stereocenters. The lowest BCUT2D eigenvalue weighted by Gasteiger charge is -2.09. The van der Waals surface area contributed by atoms with E-state index in [0.717, 1.165) is 5.39 Å². The molecule has 0 spiro atoms. The molecule has 3 aromatic carbocycles. The van der Waals surface area contributed by atoms with E-state index in [0.29, 0.717) is 49.9 Å². The molecule has 7 nitrogen and oxygen atoms in total. The van der Waals surface area contributed by atoms with E-state index in [1.807, 2.05) is 6.07 Å². The molecule has 0 amide bonds. The summed E-state index contributed by atoms with van der Waals surface area (Å²) in [6, 6.07) is 19.5. The molecule has 0 aliphatic heterocycles. The van der Waals surface area contributed by atoms with Crippen molar-refractivity contribution in [3.05, 3.63) is 83.3 Å². The second kappa shape index (κ2) is 11.6. The van der Waals surface area contributed by atoms with Crippen molar-refractivity contribution in [3.63, 3.8) is 0 Å². The molecular weight excluding hydrogens is 516 g/mol. The van der Waals surface area contributed by atoms with Crippen LogP contribution in [-0.4, -0.2) is 31.3 Å². The molecule has 0 N–H and O–H groups in total. The number of hydrogen-bond acceptors (Lipinski definition) is 7. The number of pyridine rings is 2. The number of ether oxygens (including phenoxy) is 3. The van der Waals surface area contributed by atoms with Crippen LogP contribution in [0.4, 0.5) is 8.92 Å². The van der Waals surface area contributed by atoms with Crippen molar-refractivity contribution >= 4 is 33.4 Å². The molecule has 10 heteroatoms. The molecule has 2 aromatic heterocycles. The normalized spacial score (nSPS) is 10.3. The SMILES string of the molecule is COc1ccc2c(OC)cc(C#N)nc2c1Cl.COc1ccc2c(OF)cc(-c3cccc(F)c3)nc2c1. The lowest BCUT2D eigenvalue weighted by Crippen LogP contribution is -1.93. The summed E-state index contributed by atoms with van der Waals surface area (Å²) < 4.78 is 41.5. The molecule has 5 rings (SSSR count). The average Bonchev–Trinajstić information content (AvgIpc) is 2.96. The van der Waals surface area contributed by atoms with Crippen LogP contribution in [0.5, 0.6) is 23.0 Å². The smallest absolute Gasteiger partial charge is 0.183 e. The molecule has 0 aliphatic carbocycles. The van der Waals surface area contributed by atoms with Crippen molar-refractivity contribution in [3.8, 4) is 40.3 Å². The monoisotopic (exact) mass is 535 g/mol. The fourth-order valence-electron chi connectivity index (χ4n) is 3.76. The number of nitrogens with zero attached hydrogens (tertiary/aromatic N) is 3. The maximum absolute atomic E-state index is 13.3. The predicted molar refractivity (Wildman–Crippen MR) is 140 cm³/mol. The van der Waals surface area contributed by atoms with E-state index in [1.165, 1.54) is 39.5 Å². The van der Waals surface area contributed by atoms with Gasteiger partial charge < -0.3 is 14.2 Å². The topological polar surface area (TPSA) is 86.5 Å². The molecule has 0 bridgehead atoms. The van der Waals surface area contributed by atoms with E-state index in [1.54, 1.807) is 48.5 Å². The predicted octanol–water partition coefficient (Wildman–Crippen LogP) is 7.09. The number of benzene rings is 3. The second-order valence-corrected chi connectivity index (χ2v) is 8.15. The van der Waals surface area contributed by atoms with E-state index in [4.69, 9.17) is 31.1 Å². The van der Waals surface area contributed by atoms with Crippen LogP contribution >= 0.6 is 11.6 Å². The quantitative estimate of drug-likeness (QED) is 0.237. The Bertz CT molecular complexity index is 1670. The molecule has 192 valence electrons. The van der Waals surface area contributed by atoms with Gasteiger partial charge in [0.1, 0.15) is 39.9 Å². The van der Waals surface area contributed by atoms with Gasteiger partial charge in [-0.05, 0) is 36.4 Å². The second-order valence-electron chi connectivity index (χ2n) is 7.78. The van der Waals surface area contributed by atoms with Gasteiger partial charge in [0.2, 0.25) is 0 Å². The van der Waals surface area contributed by atoms with Crippen LogP contribution in [0, 0.1) is 17.1 Å². The average molecular weight is 536 g/mol. The van der Waals surface area contributed by atoms with Gasteiger partial charge in [0.15, 0.2) is 5.75 Å². The summed E-state index contributed by atoms with van der Waals surface area (Å²) in [6.45, 7) is 0. The standard InChI is InChI=1S/C16H11F2NO2.C12H9ClN2O2/c1-20-12-5-6-13-15(8-12)19-14(9-16(13)21-18)10-3-2-4-11(17)7-10;1-16-9-4-3-8-10(17-2)5-7(6-14)15-12(8)11(9)13/h2-9H,1H3;3-5H,1-2H3. The van der Waals surface area contributed by atoms with Crippen molar-refractivity contribution in [2.45, 2.75) is 0 Å². The van der Waals surface area contributed by atoms with Crippen LogP contribution in [-0.2, 0) is 0 Å². The van der Waals surface area contributed by atoms with Gasteiger partial charge in [0.25, 0.3) is 0 Å². The number of nitriles is 1. The van der Waals surface area contributed by atoms with Crippen molar-refractivity contribution < 1.29 is 28.1 Å². The van der Waals surface area contributed by atoms with E-state index in [9.17, 15) is 8.92 Å². The highest BCUT2D eigenvalue weighted by molar-refractivity contribution is 6.36. The first kappa shape index (κ1) is 26.4. The zero-order valence-corrected chi connectivity index (χ0v) is 21.2. The summed E-state index contributed by atoms with van der Waals surface area (Å²) in [5.41, 5.74) is 2.22. The summed E-state index contributed by atoms with van der Waals surface area (Å²) >= 11 is 6.15. The number of fused-ring (bicyclic) bond motifs is 2. The van der Waals surface area contributed by atoms with Crippen molar-refractivity contribution in [1.29, 1.82) is 5.26 Å². The van der Waals surface area contributed by atoms with Gasteiger partial charge in [-0.25, -0.2) is 14.4 Å². The highest BCUT2D eigenvalue weighted by atomic mass is 35.5. The highest BCUT2D eigenvalue weighted by Gasteiger charge is 2.13. The van der Waals surface area contributed by atoms with Gasteiger partial charge in [-0.1, -0.05) is 23.7 Å². The van der Waals surface area contributed by atoms with Crippen molar-refractivity contribution in [2.75, 3.05) is 21.3 Å². The lowest BCUT2D eigenvalue weighted by molar-refractivity contribution is -0.00424. The Balaban J connectivity index is 0.000000181. The summed E-state index contributed by atoms with van der Waals surface area (Å²) in [6.07, 6.45) is 0.